The largest absolute Gasteiger partial charge is 0.465 e. The quantitative estimate of drug-likeness (QED) is 0.689. The number of hydrogen-bond acceptors (Lipinski definition) is 6. The lowest BCUT2D eigenvalue weighted by atomic mass is 9.73. The Hall–Kier alpha value is -1.41. The molecule has 7 nitrogen and oxygen atoms in total. The van der Waals surface area contributed by atoms with Crippen molar-refractivity contribution >= 4 is 36.7 Å². The molecule has 0 unspecified atom stereocenters. The molecule has 3 saturated heterocycles. The fraction of sp³-hybridized carbons (Fsp3) is 0.650. The van der Waals surface area contributed by atoms with Gasteiger partial charge in [-0.1, -0.05) is 6.42 Å². The molecule has 2 N–H and O–H groups in total. The number of esters is 1. The van der Waals surface area contributed by atoms with Gasteiger partial charge >= 0.3 is 5.97 Å². The number of fused-ring (bicyclic) bond motifs is 4. The summed E-state index contributed by atoms with van der Waals surface area (Å²) < 4.78 is 4.66. The van der Waals surface area contributed by atoms with Crippen molar-refractivity contribution in [1.29, 1.82) is 0 Å². The zero-order valence-electron chi connectivity index (χ0n) is 16.6. The summed E-state index contributed by atoms with van der Waals surface area (Å²) >= 11 is 0. The first-order valence-electron chi connectivity index (χ1n) is 9.96. The Bertz CT molecular complexity index is 703. The van der Waals surface area contributed by atoms with Crippen LogP contribution in [0.2, 0.25) is 0 Å². The average molecular weight is 445 g/mol. The number of piperidine rings is 3. The number of amides is 1. The maximum atomic E-state index is 12.5. The number of methoxy groups -OCH3 is 1. The van der Waals surface area contributed by atoms with Crippen molar-refractivity contribution in [2.45, 2.75) is 37.8 Å². The molecule has 4 atom stereocenters. The number of nitrogens with zero attached hydrogens (tertiary/aromatic N) is 2. The predicted molar refractivity (Wildman–Crippen MR) is 115 cm³/mol. The molecule has 162 valence electrons. The van der Waals surface area contributed by atoms with Gasteiger partial charge in [-0.2, -0.15) is 0 Å². The van der Waals surface area contributed by atoms with E-state index in [2.05, 4.69) is 25.3 Å². The highest BCUT2D eigenvalue weighted by molar-refractivity contribution is 5.94. The van der Waals surface area contributed by atoms with E-state index in [0.29, 0.717) is 35.8 Å². The van der Waals surface area contributed by atoms with Gasteiger partial charge in [0.15, 0.2) is 0 Å². The first-order valence-corrected chi connectivity index (χ1v) is 9.96. The van der Waals surface area contributed by atoms with Gasteiger partial charge in [-0.15, -0.1) is 24.8 Å². The van der Waals surface area contributed by atoms with Crippen molar-refractivity contribution < 1.29 is 14.3 Å². The molecule has 0 aliphatic carbocycles. The van der Waals surface area contributed by atoms with Crippen LogP contribution in [0.3, 0.4) is 0 Å². The van der Waals surface area contributed by atoms with Crippen molar-refractivity contribution in [3.05, 3.63) is 29.6 Å². The highest BCUT2D eigenvalue weighted by atomic mass is 35.5. The van der Waals surface area contributed by atoms with E-state index in [1.807, 2.05) is 0 Å². The molecule has 1 amide bonds. The van der Waals surface area contributed by atoms with Crippen LogP contribution in [-0.2, 0) is 4.74 Å². The van der Waals surface area contributed by atoms with Gasteiger partial charge in [0.25, 0.3) is 5.91 Å². The number of aromatic nitrogens is 1. The number of carbonyl (C=O) groups excluding carboxylic acids is 2. The smallest absolute Gasteiger partial charge is 0.339 e. The molecule has 0 aromatic carbocycles. The van der Waals surface area contributed by atoms with Crippen LogP contribution in [0.15, 0.2) is 18.3 Å². The van der Waals surface area contributed by atoms with Crippen LogP contribution < -0.4 is 10.6 Å². The standard InChI is InChI=1S/C20H28N4O3.2ClH/c1-27-20(26)13-5-6-16(22-11-13)19(25)23-12-18-15-8-14(9-21-10-15)17-4-2-3-7-24(17)18;;/h5-6,11,14-15,17-18,21H,2-4,7-10,12H2,1H3,(H,23,25);2*1H/t14-,15+,17+,18+;;/m1../s1. The molecule has 4 heterocycles. The van der Waals surface area contributed by atoms with E-state index >= 15 is 0 Å². The highest BCUT2D eigenvalue weighted by Crippen LogP contribution is 2.38. The Kier molecular flexibility index (Phi) is 8.70. The lowest BCUT2D eigenvalue weighted by molar-refractivity contribution is -0.0371. The van der Waals surface area contributed by atoms with Gasteiger partial charge in [0.1, 0.15) is 5.69 Å². The first kappa shape index (κ1) is 23.9. The molecule has 9 heteroatoms. The summed E-state index contributed by atoms with van der Waals surface area (Å²) in [5.41, 5.74) is 0.671. The topological polar surface area (TPSA) is 83.6 Å². The molecule has 3 aliphatic heterocycles. The first-order chi connectivity index (χ1) is 13.2. The molecular formula is C20H30Cl2N4O3. The van der Waals surface area contributed by atoms with Crippen LogP contribution >= 0.6 is 24.8 Å². The van der Waals surface area contributed by atoms with Crippen LogP contribution in [0.1, 0.15) is 46.5 Å². The van der Waals surface area contributed by atoms with E-state index in [0.717, 1.165) is 25.6 Å². The maximum Gasteiger partial charge on any atom is 0.339 e. The number of pyridine rings is 1. The molecule has 29 heavy (non-hydrogen) atoms. The number of nitrogens with one attached hydrogen (secondary N) is 2. The second kappa shape index (κ2) is 10.6. The number of halogens is 2. The zero-order chi connectivity index (χ0) is 18.8. The predicted octanol–water partition coefficient (Wildman–Crippen LogP) is 1.90. The van der Waals surface area contributed by atoms with E-state index in [-0.39, 0.29) is 30.7 Å². The normalized spacial score (nSPS) is 28.2. The molecule has 3 fully saturated rings. The van der Waals surface area contributed by atoms with Gasteiger partial charge in [-0.3, -0.25) is 14.7 Å². The Morgan fingerprint density at radius 1 is 1.24 bits per heavy atom. The molecule has 0 spiro atoms. The molecule has 1 aromatic heterocycles. The minimum absolute atomic E-state index is 0. The van der Waals surface area contributed by atoms with Gasteiger partial charge in [-0.05, 0) is 62.9 Å². The van der Waals surface area contributed by atoms with E-state index < -0.39 is 5.97 Å². The summed E-state index contributed by atoms with van der Waals surface area (Å²) in [6, 6.07) is 4.19. The van der Waals surface area contributed by atoms with E-state index in [4.69, 9.17) is 0 Å². The van der Waals surface area contributed by atoms with Crippen molar-refractivity contribution in [3.63, 3.8) is 0 Å². The molecular weight excluding hydrogens is 415 g/mol. The van der Waals surface area contributed by atoms with Crippen molar-refractivity contribution in [3.8, 4) is 0 Å². The Balaban J connectivity index is 0.00000150. The fourth-order valence-corrected chi connectivity index (χ4v) is 5.10. The molecule has 0 saturated carbocycles. The highest BCUT2D eigenvalue weighted by Gasteiger charge is 2.45. The summed E-state index contributed by atoms with van der Waals surface area (Å²) in [6.45, 7) is 3.96. The van der Waals surface area contributed by atoms with Gasteiger partial charge in [-0.25, -0.2) is 4.79 Å². The number of hydrogen-bond donors (Lipinski definition) is 2. The van der Waals surface area contributed by atoms with Crippen molar-refractivity contribution in [1.82, 2.24) is 20.5 Å². The number of carbonyl (C=O) groups is 2. The Morgan fingerprint density at radius 3 is 2.76 bits per heavy atom. The van der Waals surface area contributed by atoms with Gasteiger partial charge in [0.2, 0.25) is 0 Å². The van der Waals surface area contributed by atoms with E-state index in [9.17, 15) is 9.59 Å². The van der Waals surface area contributed by atoms with Crippen LogP contribution in [0, 0.1) is 11.8 Å². The second-order valence-corrected chi connectivity index (χ2v) is 7.92. The summed E-state index contributed by atoms with van der Waals surface area (Å²) in [6.07, 6.45) is 6.50. The minimum Gasteiger partial charge on any atom is -0.465 e. The lowest BCUT2D eigenvalue weighted by Crippen LogP contribution is -2.65. The Labute approximate surface area is 184 Å². The molecule has 0 radical (unpaired) electrons. The summed E-state index contributed by atoms with van der Waals surface area (Å²) in [7, 11) is 1.33. The monoisotopic (exact) mass is 444 g/mol. The number of rotatable bonds is 4. The molecule has 4 rings (SSSR count). The zero-order valence-corrected chi connectivity index (χ0v) is 18.3. The summed E-state index contributed by atoms with van der Waals surface area (Å²) in [5.74, 6) is 0.703. The van der Waals surface area contributed by atoms with E-state index in [1.54, 1.807) is 12.1 Å². The third-order valence-electron chi connectivity index (χ3n) is 6.41. The van der Waals surface area contributed by atoms with Crippen LogP contribution in [0.5, 0.6) is 0 Å². The summed E-state index contributed by atoms with van der Waals surface area (Å²) in [4.78, 5) is 30.8. The fourth-order valence-electron chi connectivity index (χ4n) is 5.10. The van der Waals surface area contributed by atoms with Gasteiger partial charge in [0.05, 0.1) is 12.7 Å². The van der Waals surface area contributed by atoms with Crippen molar-refractivity contribution in [2.24, 2.45) is 11.8 Å². The van der Waals surface area contributed by atoms with Gasteiger partial charge < -0.3 is 15.4 Å². The third kappa shape index (κ3) is 5.02. The third-order valence-corrected chi connectivity index (χ3v) is 6.41. The van der Waals surface area contributed by atoms with E-state index in [1.165, 1.54) is 39.0 Å². The van der Waals surface area contributed by atoms with Crippen LogP contribution in [0.25, 0.3) is 0 Å². The lowest BCUT2D eigenvalue weighted by Gasteiger charge is -2.55. The Morgan fingerprint density at radius 2 is 2.03 bits per heavy atom. The van der Waals surface area contributed by atoms with Gasteiger partial charge in [0, 0.05) is 24.8 Å². The summed E-state index contributed by atoms with van der Waals surface area (Å²) in [5, 5.41) is 6.68. The molecule has 1 aromatic rings. The van der Waals surface area contributed by atoms with Crippen LogP contribution in [-0.4, -0.2) is 67.1 Å². The second-order valence-electron chi connectivity index (χ2n) is 7.92. The SMILES string of the molecule is COC(=O)c1ccc(C(=O)NC[C@H]2[C@@H]3CNC[C@@H](C3)[C@@H]3CCCCN32)nc1.Cl.Cl. The maximum absolute atomic E-state index is 12.5. The molecule has 2 bridgehead atoms. The number of ether oxygens (including phenoxy) is 1. The van der Waals surface area contributed by atoms with Crippen LogP contribution in [0.4, 0.5) is 0 Å². The van der Waals surface area contributed by atoms with Crippen molar-refractivity contribution in [2.75, 3.05) is 33.3 Å². The minimum atomic E-state index is -0.452. The molecule has 3 aliphatic rings. The average Bonchev–Trinajstić information content (AvgIpc) is 2.73.